The fraction of sp³-hybridized carbons (Fsp3) is 0.500. The predicted molar refractivity (Wildman–Crippen MR) is 75.9 cm³/mol. The van der Waals surface area contributed by atoms with E-state index in [2.05, 4.69) is 4.72 Å². The molecule has 0 heterocycles. The van der Waals surface area contributed by atoms with Gasteiger partial charge in [0.15, 0.2) is 0 Å². The molecule has 0 aromatic heterocycles. The molecule has 1 aliphatic carbocycles. The standard InChI is InChI=1S/C14H19NO4S/c16-14(17)9-6-12(10-11-4-2-1-3-5-11)15-20(18,19)13-7-8-13/h1-5,12-13,15H,6-10H2,(H,16,17). The van der Waals surface area contributed by atoms with Crippen LogP contribution >= 0.6 is 0 Å². The molecule has 6 heteroatoms. The zero-order valence-corrected chi connectivity index (χ0v) is 12.0. The molecule has 20 heavy (non-hydrogen) atoms. The van der Waals surface area contributed by atoms with Gasteiger partial charge in [0, 0.05) is 12.5 Å². The molecule has 1 aliphatic rings. The minimum absolute atomic E-state index is 0.0370. The van der Waals surface area contributed by atoms with Crippen molar-refractivity contribution < 1.29 is 18.3 Å². The van der Waals surface area contributed by atoms with Crippen LogP contribution in [0.4, 0.5) is 0 Å². The smallest absolute Gasteiger partial charge is 0.303 e. The quantitative estimate of drug-likeness (QED) is 0.762. The summed E-state index contributed by atoms with van der Waals surface area (Å²) in [5.74, 6) is -0.909. The molecule has 110 valence electrons. The lowest BCUT2D eigenvalue weighted by Crippen LogP contribution is -2.38. The van der Waals surface area contributed by atoms with Gasteiger partial charge in [-0.15, -0.1) is 0 Å². The summed E-state index contributed by atoms with van der Waals surface area (Å²) < 4.78 is 26.6. The molecule has 2 N–H and O–H groups in total. The van der Waals surface area contributed by atoms with Gasteiger partial charge in [-0.25, -0.2) is 13.1 Å². The number of carbonyl (C=O) groups is 1. The first kappa shape index (κ1) is 15.0. The number of nitrogens with one attached hydrogen (secondary N) is 1. The van der Waals surface area contributed by atoms with Gasteiger partial charge in [0.25, 0.3) is 0 Å². The van der Waals surface area contributed by atoms with Crippen molar-refractivity contribution in [1.82, 2.24) is 4.72 Å². The summed E-state index contributed by atoms with van der Waals surface area (Å²) in [6.07, 6.45) is 2.18. The van der Waals surface area contributed by atoms with Crippen LogP contribution in [0.2, 0.25) is 0 Å². The number of sulfonamides is 1. The molecule has 0 amide bonds. The second kappa shape index (κ2) is 6.37. The molecular formula is C14H19NO4S. The van der Waals surface area contributed by atoms with Crippen molar-refractivity contribution in [3.05, 3.63) is 35.9 Å². The Balaban J connectivity index is 2.01. The normalized spacial score (nSPS) is 16.8. The zero-order valence-electron chi connectivity index (χ0n) is 11.2. The summed E-state index contributed by atoms with van der Waals surface area (Å²) >= 11 is 0. The van der Waals surface area contributed by atoms with E-state index < -0.39 is 16.0 Å². The first-order chi connectivity index (χ1) is 9.47. The molecule has 1 aromatic rings. The maximum Gasteiger partial charge on any atom is 0.303 e. The van der Waals surface area contributed by atoms with E-state index in [1.807, 2.05) is 30.3 Å². The lowest BCUT2D eigenvalue weighted by atomic mass is 10.0. The number of rotatable bonds is 8. The average Bonchev–Trinajstić information content (AvgIpc) is 3.21. The van der Waals surface area contributed by atoms with E-state index in [9.17, 15) is 13.2 Å². The Morgan fingerprint density at radius 2 is 1.95 bits per heavy atom. The SMILES string of the molecule is O=C(O)CCC(Cc1ccccc1)NS(=O)(=O)C1CC1. The van der Waals surface area contributed by atoms with E-state index in [-0.39, 0.29) is 17.7 Å². The van der Waals surface area contributed by atoms with Gasteiger partial charge in [0.05, 0.1) is 5.25 Å². The molecule has 1 aromatic carbocycles. The minimum atomic E-state index is -3.30. The molecule has 1 atom stereocenters. The molecule has 1 unspecified atom stereocenters. The van der Waals surface area contributed by atoms with E-state index in [0.717, 1.165) is 5.56 Å². The second-order valence-electron chi connectivity index (χ2n) is 5.18. The van der Waals surface area contributed by atoms with Crippen LogP contribution in [0.3, 0.4) is 0 Å². The molecule has 0 saturated heterocycles. The van der Waals surface area contributed by atoms with Crippen molar-refractivity contribution >= 4 is 16.0 Å². The van der Waals surface area contributed by atoms with Crippen LogP contribution in [0, 0.1) is 0 Å². The van der Waals surface area contributed by atoms with Crippen LogP contribution in [0.25, 0.3) is 0 Å². The molecule has 5 nitrogen and oxygen atoms in total. The Morgan fingerprint density at radius 1 is 1.30 bits per heavy atom. The highest BCUT2D eigenvalue weighted by Crippen LogP contribution is 2.28. The first-order valence-corrected chi connectivity index (χ1v) is 8.29. The van der Waals surface area contributed by atoms with Crippen LogP contribution < -0.4 is 4.72 Å². The Labute approximate surface area is 119 Å². The summed E-state index contributed by atoms with van der Waals surface area (Å²) in [6.45, 7) is 0. The van der Waals surface area contributed by atoms with Crippen LogP contribution in [0.1, 0.15) is 31.2 Å². The Kier molecular flexibility index (Phi) is 4.77. The highest BCUT2D eigenvalue weighted by molar-refractivity contribution is 7.90. The third-order valence-electron chi connectivity index (χ3n) is 3.33. The van der Waals surface area contributed by atoms with Gasteiger partial charge >= 0.3 is 5.97 Å². The fourth-order valence-corrected chi connectivity index (χ4v) is 3.72. The summed E-state index contributed by atoms with van der Waals surface area (Å²) in [5.41, 5.74) is 1.00. The maximum atomic E-state index is 12.0. The Morgan fingerprint density at radius 3 is 2.50 bits per heavy atom. The highest BCUT2D eigenvalue weighted by Gasteiger charge is 2.36. The summed E-state index contributed by atoms with van der Waals surface area (Å²) in [7, 11) is -3.30. The Hall–Kier alpha value is -1.40. The van der Waals surface area contributed by atoms with Crippen molar-refractivity contribution in [3.8, 4) is 0 Å². The van der Waals surface area contributed by atoms with Crippen molar-refractivity contribution in [2.75, 3.05) is 0 Å². The molecule has 0 radical (unpaired) electrons. The van der Waals surface area contributed by atoms with E-state index in [1.165, 1.54) is 0 Å². The number of aliphatic carboxylic acids is 1. The predicted octanol–water partition coefficient (Wildman–Crippen LogP) is 1.54. The molecular weight excluding hydrogens is 278 g/mol. The topological polar surface area (TPSA) is 83.5 Å². The monoisotopic (exact) mass is 297 g/mol. The van der Waals surface area contributed by atoms with Gasteiger partial charge < -0.3 is 5.11 Å². The first-order valence-electron chi connectivity index (χ1n) is 6.74. The van der Waals surface area contributed by atoms with Crippen LogP contribution in [0.15, 0.2) is 30.3 Å². The minimum Gasteiger partial charge on any atom is -0.481 e. The molecule has 1 fully saturated rings. The van der Waals surface area contributed by atoms with Crippen LogP contribution in [0.5, 0.6) is 0 Å². The number of carboxylic acid groups (broad SMARTS) is 1. The van der Waals surface area contributed by atoms with Crippen molar-refractivity contribution in [2.45, 2.75) is 43.4 Å². The number of hydrogen-bond donors (Lipinski definition) is 2. The Bertz CT molecular complexity index is 552. The largest absolute Gasteiger partial charge is 0.481 e. The van der Waals surface area contributed by atoms with E-state index in [1.54, 1.807) is 0 Å². The number of hydrogen-bond acceptors (Lipinski definition) is 3. The van der Waals surface area contributed by atoms with Gasteiger partial charge in [0.2, 0.25) is 10.0 Å². The summed E-state index contributed by atoms with van der Waals surface area (Å²) in [4.78, 5) is 10.7. The molecule has 0 aliphatic heterocycles. The van der Waals surface area contributed by atoms with E-state index in [0.29, 0.717) is 25.7 Å². The fourth-order valence-electron chi connectivity index (χ4n) is 2.11. The third kappa shape index (κ3) is 4.61. The molecule has 0 bridgehead atoms. The zero-order chi connectivity index (χ0) is 14.6. The van der Waals surface area contributed by atoms with Gasteiger partial charge in [0.1, 0.15) is 0 Å². The van der Waals surface area contributed by atoms with E-state index in [4.69, 9.17) is 5.11 Å². The van der Waals surface area contributed by atoms with Crippen LogP contribution in [-0.2, 0) is 21.2 Å². The average molecular weight is 297 g/mol. The highest BCUT2D eigenvalue weighted by atomic mass is 32.2. The number of carboxylic acids is 1. The molecule has 1 saturated carbocycles. The van der Waals surface area contributed by atoms with Gasteiger partial charge in [-0.3, -0.25) is 4.79 Å². The summed E-state index contributed by atoms with van der Waals surface area (Å²) in [6, 6.07) is 9.14. The lowest BCUT2D eigenvalue weighted by Gasteiger charge is -2.18. The van der Waals surface area contributed by atoms with Crippen molar-refractivity contribution in [2.24, 2.45) is 0 Å². The van der Waals surface area contributed by atoms with Gasteiger partial charge in [-0.2, -0.15) is 0 Å². The third-order valence-corrected chi connectivity index (χ3v) is 5.34. The van der Waals surface area contributed by atoms with Crippen molar-refractivity contribution in [3.63, 3.8) is 0 Å². The lowest BCUT2D eigenvalue weighted by molar-refractivity contribution is -0.137. The van der Waals surface area contributed by atoms with E-state index >= 15 is 0 Å². The van der Waals surface area contributed by atoms with Gasteiger partial charge in [-0.1, -0.05) is 30.3 Å². The molecule has 0 spiro atoms. The second-order valence-corrected chi connectivity index (χ2v) is 7.17. The van der Waals surface area contributed by atoms with Crippen LogP contribution in [-0.4, -0.2) is 30.8 Å². The van der Waals surface area contributed by atoms with Gasteiger partial charge in [-0.05, 0) is 31.2 Å². The van der Waals surface area contributed by atoms with Crippen molar-refractivity contribution in [1.29, 1.82) is 0 Å². The maximum absolute atomic E-state index is 12.0. The molecule has 2 rings (SSSR count). The summed E-state index contributed by atoms with van der Waals surface area (Å²) in [5, 5.41) is 8.48. The number of benzene rings is 1.